The lowest BCUT2D eigenvalue weighted by Crippen LogP contribution is -2.33. The Labute approximate surface area is 204 Å². The van der Waals surface area contributed by atoms with Gasteiger partial charge in [0.25, 0.3) is 0 Å². The predicted octanol–water partition coefficient (Wildman–Crippen LogP) is 2.23. The summed E-state index contributed by atoms with van der Waals surface area (Å²) >= 11 is 0. The maximum Gasteiger partial charge on any atom is 0.303 e. The summed E-state index contributed by atoms with van der Waals surface area (Å²) in [5.74, 6) is -0.324. The summed E-state index contributed by atoms with van der Waals surface area (Å²) in [5.41, 5.74) is -0.293. The average Bonchev–Trinajstić information content (AvgIpc) is 3.10. The van der Waals surface area contributed by atoms with E-state index in [1.165, 1.54) is 44.2 Å². The van der Waals surface area contributed by atoms with E-state index in [0.717, 1.165) is 5.56 Å². The van der Waals surface area contributed by atoms with Crippen molar-refractivity contribution in [3.8, 4) is 11.5 Å². The molecule has 1 aliphatic carbocycles. The SMILES string of the molecule is COc1ccc(CCCC2(O)C=CC(=O)/C2=C\C=C\C(OC(C)=O)C(O)COC(C)=O)cc1OC. The van der Waals surface area contributed by atoms with Gasteiger partial charge in [0.15, 0.2) is 17.3 Å². The number of methoxy groups -OCH3 is 2. The normalized spacial score (nSPS) is 20.2. The molecule has 1 aromatic rings. The molecule has 0 heterocycles. The molecule has 3 unspecified atom stereocenters. The molecule has 0 aliphatic heterocycles. The topological polar surface area (TPSA) is 129 Å². The van der Waals surface area contributed by atoms with E-state index in [1.54, 1.807) is 14.2 Å². The van der Waals surface area contributed by atoms with Crippen molar-refractivity contribution in [2.24, 2.45) is 0 Å². The molecule has 2 rings (SSSR count). The van der Waals surface area contributed by atoms with Crippen LogP contribution < -0.4 is 9.47 Å². The van der Waals surface area contributed by atoms with Gasteiger partial charge in [0.1, 0.15) is 24.4 Å². The highest BCUT2D eigenvalue weighted by Crippen LogP contribution is 2.33. The minimum absolute atomic E-state index is 0.164. The smallest absolute Gasteiger partial charge is 0.303 e. The zero-order chi connectivity index (χ0) is 26.0. The minimum atomic E-state index is -1.45. The first-order chi connectivity index (χ1) is 16.6. The average molecular weight is 489 g/mol. The Bertz CT molecular complexity index is 1010. The quantitative estimate of drug-likeness (QED) is 0.336. The number of hydrogen-bond acceptors (Lipinski definition) is 9. The highest BCUT2D eigenvalue weighted by molar-refractivity contribution is 6.09. The molecular weight excluding hydrogens is 456 g/mol. The van der Waals surface area contributed by atoms with Crippen molar-refractivity contribution >= 4 is 17.7 Å². The van der Waals surface area contributed by atoms with E-state index in [2.05, 4.69) is 0 Å². The van der Waals surface area contributed by atoms with Gasteiger partial charge in [-0.15, -0.1) is 0 Å². The summed E-state index contributed by atoms with van der Waals surface area (Å²) in [5, 5.41) is 21.3. The van der Waals surface area contributed by atoms with Crippen molar-refractivity contribution in [1.29, 1.82) is 0 Å². The highest BCUT2D eigenvalue weighted by atomic mass is 16.6. The van der Waals surface area contributed by atoms with Crippen molar-refractivity contribution in [3.05, 3.63) is 59.7 Å². The summed E-state index contributed by atoms with van der Waals surface area (Å²) in [6.07, 6.45) is 6.10. The third-order valence-corrected chi connectivity index (χ3v) is 5.42. The van der Waals surface area contributed by atoms with Crippen LogP contribution in [0.2, 0.25) is 0 Å². The van der Waals surface area contributed by atoms with Gasteiger partial charge in [-0.3, -0.25) is 14.4 Å². The number of esters is 2. The lowest BCUT2D eigenvalue weighted by molar-refractivity contribution is -0.154. The molecule has 1 aromatic carbocycles. The first-order valence-corrected chi connectivity index (χ1v) is 11.1. The zero-order valence-corrected chi connectivity index (χ0v) is 20.4. The summed E-state index contributed by atoms with van der Waals surface area (Å²) in [4.78, 5) is 34.7. The molecule has 9 nitrogen and oxygen atoms in total. The molecule has 0 saturated heterocycles. The van der Waals surface area contributed by atoms with Gasteiger partial charge in [0, 0.05) is 19.4 Å². The van der Waals surface area contributed by atoms with E-state index in [0.29, 0.717) is 30.8 Å². The number of rotatable bonds is 12. The molecule has 0 saturated carbocycles. The molecule has 35 heavy (non-hydrogen) atoms. The number of carbonyl (C=O) groups is 3. The number of hydrogen-bond donors (Lipinski definition) is 2. The number of ketones is 1. The van der Waals surface area contributed by atoms with Crippen LogP contribution in [0.15, 0.2) is 54.2 Å². The van der Waals surface area contributed by atoms with Crippen LogP contribution >= 0.6 is 0 Å². The van der Waals surface area contributed by atoms with Crippen molar-refractivity contribution in [1.82, 2.24) is 0 Å². The number of aliphatic hydroxyl groups excluding tert-OH is 1. The highest BCUT2D eigenvalue weighted by Gasteiger charge is 2.36. The summed E-state index contributed by atoms with van der Waals surface area (Å²) in [7, 11) is 3.12. The lowest BCUT2D eigenvalue weighted by Gasteiger charge is -2.22. The molecular formula is C26H32O9. The van der Waals surface area contributed by atoms with Crippen LogP contribution in [0.25, 0.3) is 0 Å². The van der Waals surface area contributed by atoms with E-state index in [9.17, 15) is 24.6 Å². The molecule has 2 N–H and O–H groups in total. The largest absolute Gasteiger partial charge is 0.493 e. The van der Waals surface area contributed by atoms with Crippen molar-refractivity contribution in [3.63, 3.8) is 0 Å². The van der Waals surface area contributed by atoms with Gasteiger partial charge < -0.3 is 29.2 Å². The fourth-order valence-corrected chi connectivity index (χ4v) is 3.65. The number of allylic oxidation sites excluding steroid dienone is 3. The van der Waals surface area contributed by atoms with Gasteiger partial charge in [-0.2, -0.15) is 0 Å². The minimum Gasteiger partial charge on any atom is -0.493 e. The van der Waals surface area contributed by atoms with Crippen molar-refractivity contribution in [2.45, 2.75) is 50.9 Å². The van der Waals surface area contributed by atoms with E-state index < -0.39 is 29.7 Å². The van der Waals surface area contributed by atoms with Crippen LogP contribution in [0.3, 0.4) is 0 Å². The predicted molar refractivity (Wildman–Crippen MR) is 127 cm³/mol. The Kier molecular flexibility index (Phi) is 10.2. The van der Waals surface area contributed by atoms with Crippen molar-refractivity contribution < 1.29 is 43.5 Å². The fraction of sp³-hybridized carbons (Fsp3) is 0.423. The molecule has 3 atom stereocenters. The monoisotopic (exact) mass is 488 g/mol. The molecule has 0 radical (unpaired) electrons. The Morgan fingerprint density at radius 2 is 1.83 bits per heavy atom. The second kappa shape index (κ2) is 12.9. The van der Waals surface area contributed by atoms with Crippen LogP contribution in [0, 0.1) is 0 Å². The van der Waals surface area contributed by atoms with Crippen LogP contribution in [0.4, 0.5) is 0 Å². The van der Waals surface area contributed by atoms with Gasteiger partial charge in [0.05, 0.1) is 14.2 Å². The molecule has 1 aliphatic rings. The standard InChI is InChI=1S/C26H32O9/c1-17(27)34-16-22(30)23(35-18(2)28)9-5-8-20-21(29)12-14-26(20,31)13-6-7-19-10-11-24(32-3)25(15-19)33-4/h5,8-12,14-15,22-23,30-31H,6-7,13,16H2,1-4H3/b9-5+,20-8+. The number of benzene rings is 1. The maximum absolute atomic E-state index is 12.4. The van der Waals surface area contributed by atoms with E-state index in [-0.39, 0.29) is 18.0 Å². The molecule has 0 fully saturated rings. The van der Waals surface area contributed by atoms with Gasteiger partial charge in [-0.1, -0.05) is 18.2 Å². The van der Waals surface area contributed by atoms with Gasteiger partial charge in [-0.05, 0) is 55.2 Å². The second-order valence-electron chi connectivity index (χ2n) is 8.07. The van der Waals surface area contributed by atoms with E-state index in [1.807, 2.05) is 18.2 Å². The number of carbonyl (C=O) groups excluding carboxylic acids is 3. The zero-order valence-electron chi connectivity index (χ0n) is 20.4. The Hall–Kier alpha value is -3.43. The first kappa shape index (κ1) is 27.8. The van der Waals surface area contributed by atoms with E-state index in [4.69, 9.17) is 18.9 Å². The molecule has 0 spiro atoms. The molecule has 0 aromatic heterocycles. The first-order valence-electron chi connectivity index (χ1n) is 11.1. The van der Waals surface area contributed by atoms with Crippen LogP contribution in [-0.4, -0.2) is 66.6 Å². The van der Waals surface area contributed by atoms with Crippen molar-refractivity contribution in [2.75, 3.05) is 20.8 Å². The second-order valence-corrected chi connectivity index (χ2v) is 8.07. The fourth-order valence-electron chi connectivity index (χ4n) is 3.65. The molecule has 0 bridgehead atoms. The third-order valence-electron chi connectivity index (χ3n) is 5.42. The Balaban J connectivity index is 2.08. The van der Waals surface area contributed by atoms with Crippen LogP contribution in [0.5, 0.6) is 11.5 Å². The Morgan fingerprint density at radius 3 is 2.46 bits per heavy atom. The third kappa shape index (κ3) is 8.08. The molecule has 190 valence electrons. The van der Waals surface area contributed by atoms with E-state index >= 15 is 0 Å². The number of aryl methyl sites for hydroxylation is 1. The lowest BCUT2D eigenvalue weighted by atomic mass is 9.89. The number of aliphatic hydroxyl groups is 2. The summed E-state index contributed by atoms with van der Waals surface area (Å²) in [6.45, 7) is 2.01. The van der Waals surface area contributed by atoms with Crippen LogP contribution in [0.1, 0.15) is 32.3 Å². The van der Waals surface area contributed by atoms with Crippen LogP contribution in [-0.2, 0) is 30.3 Å². The number of ether oxygens (including phenoxy) is 4. The molecule has 9 heteroatoms. The maximum atomic E-state index is 12.4. The van der Waals surface area contributed by atoms with Gasteiger partial charge >= 0.3 is 11.9 Å². The van der Waals surface area contributed by atoms with Gasteiger partial charge in [-0.25, -0.2) is 0 Å². The van der Waals surface area contributed by atoms with Gasteiger partial charge in [0.2, 0.25) is 0 Å². The summed E-state index contributed by atoms with van der Waals surface area (Å²) in [6, 6.07) is 5.60. The summed E-state index contributed by atoms with van der Waals surface area (Å²) < 4.78 is 20.4. The Morgan fingerprint density at radius 1 is 1.11 bits per heavy atom. The molecule has 0 amide bonds.